The minimum Gasteiger partial charge on any atom is -0.494 e. The fourth-order valence-corrected chi connectivity index (χ4v) is 3.33. The number of rotatable bonds is 5. The first kappa shape index (κ1) is 18.3. The van der Waals surface area contributed by atoms with E-state index >= 15 is 0 Å². The van der Waals surface area contributed by atoms with E-state index in [1.807, 2.05) is 37.3 Å². The number of halogens is 1. The van der Waals surface area contributed by atoms with Crippen LogP contribution in [0.4, 0.5) is 0 Å². The predicted octanol–water partition coefficient (Wildman–Crippen LogP) is 2.98. The highest BCUT2D eigenvalue weighted by Gasteiger charge is 2.35. The highest BCUT2D eigenvalue weighted by molar-refractivity contribution is 6.31. The Morgan fingerprint density at radius 1 is 1.23 bits per heavy atom. The standard InChI is InChI=1S/C20H21ClN2O3/c1-2-26-15-9-7-14(8-10-15)13-18(24)23-12-11-22-20(25)19(23)16-5-3-4-6-17(16)21/h3-10,19H,2,11-13H2,1H3,(H,22,25). The van der Waals surface area contributed by atoms with Crippen molar-refractivity contribution in [3.05, 3.63) is 64.7 Å². The van der Waals surface area contributed by atoms with Crippen LogP contribution in [0.2, 0.25) is 5.02 Å². The average molecular weight is 373 g/mol. The number of hydrogen-bond acceptors (Lipinski definition) is 3. The highest BCUT2D eigenvalue weighted by atomic mass is 35.5. The molecule has 1 heterocycles. The average Bonchev–Trinajstić information content (AvgIpc) is 2.64. The van der Waals surface area contributed by atoms with Crippen molar-refractivity contribution in [3.8, 4) is 5.75 Å². The van der Waals surface area contributed by atoms with Crippen molar-refractivity contribution in [1.29, 1.82) is 0 Å². The van der Waals surface area contributed by atoms with Gasteiger partial charge in [0, 0.05) is 23.7 Å². The maximum Gasteiger partial charge on any atom is 0.247 e. The molecule has 2 aromatic rings. The van der Waals surface area contributed by atoms with Crippen LogP contribution in [0.1, 0.15) is 24.1 Å². The van der Waals surface area contributed by atoms with Gasteiger partial charge >= 0.3 is 0 Å². The van der Waals surface area contributed by atoms with Gasteiger partial charge in [0.1, 0.15) is 11.8 Å². The number of nitrogens with zero attached hydrogens (tertiary/aromatic N) is 1. The van der Waals surface area contributed by atoms with E-state index in [1.165, 1.54) is 0 Å². The lowest BCUT2D eigenvalue weighted by Crippen LogP contribution is -2.52. The van der Waals surface area contributed by atoms with Crippen molar-refractivity contribution < 1.29 is 14.3 Å². The van der Waals surface area contributed by atoms with Gasteiger partial charge in [0.15, 0.2) is 0 Å². The fraction of sp³-hybridized carbons (Fsp3) is 0.300. The molecule has 0 radical (unpaired) electrons. The summed E-state index contributed by atoms with van der Waals surface area (Å²) in [5.41, 5.74) is 1.52. The van der Waals surface area contributed by atoms with E-state index in [-0.39, 0.29) is 18.2 Å². The van der Waals surface area contributed by atoms with Gasteiger partial charge in [-0.05, 0) is 30.7 Å². The first-order valence-electron chi connectivity index (χ1n) is 8.63. The van der Waals surface area contributed by atoms with Crippen molar-refractivity contribution in [3.63, 3.8) is 0 Å². The molecular formula is C20H21ClN2O3. The third-order valence-electron chi connectivity index (χ3n) is 4.32. The van der Waals surface area contributed by atoms with Gasteiger partial charge in [-0.1, -0.05) is 41.9 Å². The molecular weight excluding hydrogens is 352 g/mol. The van der Waals surface area contributed by atoms with Crippen molar-refractivity contribution in [2.24, 2.45) is 0 Å². The SMILES string of the molecule is CCOc1ccc(CC(=O)N2CCNC(=O)C2c2ccccc2Cl)cc1. The van der Waals surface area contributed by atoms with Gasteiger partial charge < -0.3 is 15.0 Å². The molecule has 0 saturated carbocycles. The molecule has 136 valence electrons. The molecule has 1 N–H and O–H groups in total. The van der Waals surface area contributed by atoms with Crippen molar-refractivity contribution >= 4 is 23.4 Å². The summed E-state index contributed by atoms with van der Waals surface area (Å²) in [7, 11) is 0. The van der Waals surface area contributed by atoms with E-state index in [1.54, 1.807) is 23.1 Å². The molecule has 1 saturated heterocycles. The Morgan fingerprint density at radius 2 is 1.96 bits per heavy atom. The van der Waals surface area contributed by atoms with Crippen LogP contribution in [0.15, 0.2) is 48.5 Å². The first-order chi connectivity index (χ1) is 12.6. The number of benzene rings is 2. The minimum absolute atomic E-state index is 0.103. The number of hydrogen-bond donors (Lipinski definition) is 1. The van der Waals surface area contributed by atoms with Crippen LogP contribution >= 0.6 is 11.6 Å². The summed E-state index contributed by atoms with van der Waals surface area (Å²) in [6.07, 6.45) is 0.223. The second-order valence-corrected chi connectivity index (χ2v) is 6.46. The van der Waals surface area contributed by atoms with Crippen LogP contribution < -0.4 is 10.1 Å². The molecule has 2 amide bonds. The van der Waals surface area contributed by atoms with Gasteiger partial charge in [0.05, 0.1) is 13.0 Å². The maximum atomic E-state index is 12.9. The second-order valence-electron chi connectivity index (χ2n) is 6.06. The zero-order valence-electron chi connectivity index (χ0n) is 14.6. The molecule has 6 heteroatoms. The Labute approximate surface area is 157 Å². The maximum absolute atomic E-state index is 12.9. The Kier molecular flexibility index (Phi) is 5.78. The van der Waals surface area contributed by atoms with E-state index in [0.29, 0.717) is 30.3 Å². The van der Waals surface area contributed by atoms with E-state index in [9.17, 15) is 9.59 Å². The van der Waals surface area contributed by atoms with Crippen LogP contribution in [-0.4, -0.2) is 36.4 Å². The lowest BCUT2D eigenvalue weighted by molar-refractivity contribution is -0.143. The summed E-state index contributed by atoms with van der Waals surface area (Å²) in [6.45, 7) is 3.42. The van der Waals surface area contributed by atoms with Crippen LogP contribution in [0.25, 0.3) is 0 Å². The van der Waals surface area contributed by atoms with Crippen molar-refractivity contribution in [2.45, 2.75) is 19.4 Å². The van der Waals surface area contributed by atoms with E-state index in [0.717, 1.165) is 11.3 Å². The van der Waals surface area contributed by atoms with E-state index in [4.69, 9.17) is 16.3 Å². The Balaban J connectivity index is 1.79. The number of carbonyl (C=O) groups excluding carboxylic acids is 2. The van der Waals surface area contributed by atoms with Gasteiger partial charge in [-0.2, -0.15) is 0 Å². The van der Waals surface area contributed by atoms with Crippen molar-refractivity contribution in [1.82, 2.24) is 10.2 Å². The fourth-order valence-electron chi connectivity index (χ4n) is 3.09. The van der Waals surface area contributed by atoms with Crippen LogP contribution in [0, 0.1) is 0 Å². The number of piperazine rings is 1. The monoisotopic (exact) mass is 372 g/mol. The van der Waals surface area contributed by atoms with Gasteiger partial charge in [0.25, 0.3) is 0 Å². The quantitative estimate of drug-likeness (QED) is 0.877. The van der Waals surface area contributed by atoms with Gasteiger partial charge in [-0.25, -0.2) is 0 Å². The molecule has 0 aliphatic carbocycles. The lowest BCUT2D eigenvalue weighted by Gasteiger charge is -2.35. The Bertz CT molecular complexity index is 792. The first-order valence-corrected chi connectivity index (χ1v) is 9.01. The smallest absolute Gasteiger partial charge is 0.247 e. The largest absolute Gasteiger partial charge is 0.494 e. The molecule has 1 fully saturated rings. The second kappa shape index (κ2) is 8.23. The molecule has 0 spiro atoms. The minimum atomic E-state index is -0.701. The zero-order chi connectivity index (χ0) is 18.5. The molecule has 1 atom stereocenters. The van der Waals surface area contributed by atoms with E-state index in [2.05, 4.69) is 5.32 Å². The van der Waals surface area contributed by atoms with Crippen molar-refractivity contribution in [2.75, 3.05) is 19.7 Å². The van der Waals surface area contributed by atoms with Gasteiger partial charge in [-0.15, -0.1) is 0 Å². The van der Waals surface area contributed by atoms with E-state index < -0.39 is 6.04 Å². The van der Waals surface area contributed by atoms with Crippen LogP contribution in [0.3, 0.4) is 0 Å². The third-order valence-corrected chi connectivity index (χ3v) is 4.67. The molecule has 1 aliphatic rings. The molecule has 0 aromatic heterocycles. The highest BCUT2D eigenvalue weighted by Crippen LogP contribution is 2.29. The summed E-state index contributed by atoms with van der Waals surface area (Å²) in [5.74, 6) is 0.466. The molecule has 5 nitrogen and oxygen atoms in total. The summed E-state index contributed by atoms with van der Waals surface area (Å²) >= 11 is 6.27. The molecule has 26 heavy (non-hydrogen) atoms. The Morgan fingerprint density at radius 3 is 2.65 bits per heavy atom. The van der Waals surface area contributed by atoms with Gasteiger partial charge in [0.2, 0.25) is 11.8 Å². The summed E-state index contributed by atoms with van der Waals surface area (Å²) in [4.78, 5) is 26.9. The third kappa shape index (κ3) is 3.99. The zero-order valence-corrected chi connectivity index (χ0v) is 15.3. The summed E-state index contributed by atoms with van der Waals surface area (Å²) < 4.78 is 5.42. The Hall–Kier alpha value is -2.53. The summed E-state index contributed by atoms with van der Waals surface area (Å²) in [5, 5.41) is 3.30. The van der Waals surface area contributed by atoms with Gasteiger partial charge in [-0.3, -0.25) is 9.59 Å². The predicted molar refractivity (Wildman–Crippen MR) is 100 cm³/mol. The summed E-state index contributed by atoms with van der Waals surface area (Å²) in [6, 6.07) is 13.9. The molecule has 2 aromatic carbocycles. The van der Waals surface area contributed by atoms with Crippen LogP contribution in [0.5, 0.6) is 5.75 Å². The normalized spacial score (nSPS) is 16.9. The number of ether oxygens (including phenoxy) is 1. The van der Waals surface area contributed by atoms with Crippen LogP contribution in [-0.2, 0) is 16.0 Å². The topological polar surface area (TPSA) is 58.6 Å². The number of nitrogens with one attached hydrogen (secondary N) is 1. The number of carbonyl (C=O) groups is 2. The molecule has 1 unspecified atom stereocenters. The number of amides is 2. The molecule has 3 rings (SSSR count). The molecule has 1 aliphatic heterocycles. The molecule has 0 bridgehead atoms. The lowest BCUT2D eigenvalue weighted by atomic mass is 10.0.